The van der Waals surface area contributed by atoms with Gasteiger partial charge in [0.05, 0.1) is 16.7 Å². The molecule has 2 aromatic carbocycles. The van der Waals surface area contributed by atoms with Gasteiger partial charge in [0.25, 0.3) is 5.56 Å². The molecule has 0 atom stereocenters. The molecular weight excluding hydrogens is 384 g/mol. The summed E-state index contributed by atoms with van der Waals surface area (Å²) in [4.78, 5) is 34.1. The second kappa shape index (κ2) is 9.71. The Labute approximate surface area is 175 Å². The molecule has 0 N–H and O–H groups in total. The largest absolute Gasteiger partial charge is 0.315 e. The topological polar surface area (TPSA) is 58.4 Å². The lowest BCUT2D eigenvalue weighted by atomic mass is 10.2. The fourth-order valence-electron chi connectivity index (χ4n) is 3.02. The molecule has 0 aliphatic heterocycles. The van der Waals surface area contributed by atoms with Crippen molar-refractivity contribution >= 4 is 34.3 Å². The number of anilines is 1. The molecule has 0 fully saturated rings. The van der Waals surface area contributed by atoms with Crippen LogP contribution in [0.2, 0.25) is 0 Å². The normalized spacial score (nSPS) is 11.2. The van der Waals surface area contributed by atoms with Gasteiger partial charge < -0.3 is 9.80 Å². The highest BCUT2D eigenvalue weighted by Gasteiger charge is 2.16. The van der Waals surface area contributed by atoms with Crippen molar-refractivity contribution in [2.45, 2.75) is 18.1 Å². The van der Waals surface area contributed by atoms with E-state index in [0.29, 0.717) is 22.6 Å². The third-order valence-electron chi connectivity index (χ3n) is 4.66. The van der Waals surface area contributed by atoms with Gasteiger partial charge in [0, 0.05) is 19.3 Å². The van der Waals surface area contributed by atoms with E-state index in [0.717, 1.165) is 18.7 Å². The maximum absolute atomic E-state index is 13.0. The van der Waals surface area contributed by atoms with Crippen molar-refractivity contribution in [2.75, 3.05) is 38.3 Å². The number of carbonyl (C=O) groups excluding carboxylic acids is 1. The first-order chi connectivity index (χ1) is 14.0. The predicted molar refractivity (Wildman–Crippen MR) is 120 cm³/mol. The van der Waals surface area contributed by atoms with Gasteiger partial charge in [0.1, 0.15) is 0 Å². The van der Waals surface area contributed by atoms with Crippen molar-refractivity contribution in [2.24, 2.45) is 0 Å². The number of hydrogen-bond donors (Lipinski definition) is 0. The van der Waals surface area contributed by atoms with Crippen LogP contribution in [0.1, 0.15) is 6.42 Å². The highest BCUT2D eigenvalue weighted by Crippen LogP contribution is 2.20. The molecule has 3 rings (SSSR count). The molecule has 0 saturated heterocycles. The van der Waals surface area contributed by atoms with Crippen molar-refractivity contribution < 1.29 is 4.79 Å². The molecule has 0 aliphatic rings. The molecule has 152 valence electrons. The Bertz CT molecular complexity index is 1030. The fourth-order valence-corrected chi connectivity index (χ4v) is 3.96. The Kier molecular flexibility index (Phi) is 7.06. The first-order valence-corrected chi connectivity index (χ1v) is 10.5. The number of fused-ring (bicyclic) bond motifs is 1. The summed E-state index contributed by atoms with van der Waals surface area (Å²) in [7, 11) is 5.78. The van der Waals surface area contributed by atoms with Crippen LogP contribution in [0.4, 0.5) is 5.69 Å². The summed E-state index contributed by atoms with van der Waals surface area (Å²) in [5.41, 5.74) is 1.45. The molecule has 0 unspecified atom stereocenters. The minimum Gasteiger partial charge on any atom is -0.315 e. The minimum atomic E-state index is -0.0549. The molecule has 1 aromatic heterocycles. The van der Waals surface area contributed by atoms with E-state index in [1.54, 1.807) is 22.6 Å². The fraction of sp³-hybridized carbons (Fsp3) is 0.318. The molecule has 3 aromatic rings. The van der Waals surface area contributed by atoms with E-state index in [-0.39, 0.29) is 17.2 Å². The Morgan fingerprint density at radius 2 is 1.72 bits per heavy atom. The number of para-hydroxylation sites is 2. The van der Waals surface area contributed by atoms with E-state index in [1.807, 2.05) is 62.6 Å². The number of carbonyl (C=O) groups is 1. The zero-order valence-corrected chi connectivity index (χ0v) is 17.9. The Morgan fingerprint density at radius 3 is 2.45 bits per heavy atom. The van der Waals surface area contributed by atoms with Gasteiger partial charge >= 0.3 is 0 Å². The van der Waals surface area contributed by atoms with Gasteiger partial charge in [-0.15, -0.1) is 0 Å². The molecule has 1 heterocycles. The third-order valence-corrected chi connectivity index (χ3v) is 5.62. The summed E-state index contributed by atoms with van der Waals surface area (Å²) >= 11 is 1.31. The van der Waals surface area contributed by atoms with E-state index in [2.05, 4.69) is 9.88 Å². The lowest BCUT2D eigenvalue weighted by Crippen LogP contribution is -2.29. The van der Waals surface area contributed by atoms with Gasteiger partial charge in [-0.25, -0.2) is 4.98 Å². The summed E-state index contributed by atoms with van der Waals surface area (Å²) in [6, 6.07) is 16.9. The van der Waals surface area contributed by atoms with Crippen LogP contribution in [0.5, 0.6) is 0 Å². The number of amides is 1. The second-order valence-electron chi connectivity index (χ2n) is 7.10. The summed E-state index contributed by atoms with van der Waals surface area (Å²) in [5.74, 6) is 0.174. The molecule has 0 aliphatic carbocycles. The smallest absolute Gasteiger partial charge is 0.262 e. The number of benzene rings is 2. The predicted octanol–water partition coefficient (Wildman–Crippen LogP) is 3.10. The SMILES string of the molecule is CN(C)CCCn1c(SCC(=O)N(C)c2ccccc2)nc2ccccc2c1=O. The highest BCUT2D eigenvalue weighted by atomic mass is 32.2. The first kappa shape index (κ1) is 21.1. The lowest BCUT2D eigenvalue weighted by Gasteiger charge is -2.18. The van der Waals surface area contributed by atoms with E-state index in [1.165, 1.54) is 11.8 Å². The Balaban J connectivity index is 1.83. The zero-order chi connectivity index (χ0) is 20.8. The number of aromatic nitrogens is 2. The molecule has 0 saturated carbocycles. The van der Waals surface area contributed by atoms with Crippen molar-refractivity contribution in [1.29, 1.82) is 0 Å². The molecule has 0 bridgehead atoms. The van der Waals surface area contributed by atoms with Gasteiger partial charge in [0.15, 0.2) is 5.16 Å². The van der Waals surface area contributed by atoms with Crippen molar-refractivity contribution in [3.8, 4) is 0 Å². The molecule has 7 heteroatoms. The van der Waals surface area contributed by atoms with Crippen LogP contribution in [0.15, 0.2) is 64.5 Å². The Hall–Kier alpha value is -2.64. The van der Waals surface area contributed by atoms with E-state index < -0.39 is 0 Å². The number of hydrogen-bond acceptors (Lipinski definition) is 5. The average Bonchev–Trinajstić information content (AvgIpc) is 2.73. The average molecular weight is 411 g/mol. The van der Waals surface area contributed by atoms with Crippen LogP contribution in [0.3, 0.4) is 0 Å². The minimum absolute atomic E-state index is 0.0385. The second-order valence-corrected chi connectivity index (χ2v) is 8.04. The van der Waals surface area contributed by atoms with Crippen LogP contribution >= 0.6 is 11.8 Å². The van der Waals surface area contributed by atoms with E-state index >= 15 is 0 Å². The van der Waals surface area contributed by atoms with Gasteiger partial charge in [-0.3, -0.25) is 14.2 Å². The van der Waals surface area contributed by atoms with E-state index in [9.17, 15) is 9.59 Å². The molecular formula is C22H26N4O2S. The maximum Gasteiger partial charge on any atom is 0.262 e. The van der Waals surface area contributed by atoms with Crippen molar-refractivity contribution in [3.05, 3.63) is 65.0 Å². The van der Waals surface area contributed by atoms with Gasteiger partial charge in [-0.05, 0) is 51.3 Å². The van der Waals surface area contributed by atoms with Crippen LogP contribution in [-0.2, 0) is 11.3 Å². The molecule has 0 radical (unpaired) electrons. The quantitative estimate of drug-likeness (QED) is 0.422. The number of rotatable bonds is 8. The molecule has 0 spiro atoms. The Morgan fingerprint density at radius 1 is 1.03 bits per heavy atom. The van der Waals surface area contributed by atoms with Gasteiger partial charge in [-0.1, -0.05) is 42.1 Å². The van der Waals surface area contributed by atoms with E-state index in [4.69, 9.17) is 0 Å². The zero-order valence-electron chi connectivity index (χ0n) is 17.0. The summed E-state index contributed by atoms with van der Waals surface area (Å²) < 4.78 is 1.70. The molecule has 6 nitrogen and oxygen atoms in total. The molecule has 1 amide bonds. The first-order valence-electron chi connectivity index (χ1n) is 9.56. The van der Waals surface area contributed by atoms with Crippen LogP contribution in [0.25, 0.3) is 10.9 Å². The summed E-state index contributed by atoms with van der Waals surface area (Å²) in [5, 5.41) is 1.19. The number of nitrogens with zero attached hydrogens (tertiary/aromatic N) is 4. The van der Waals surface area contributed by atoms with Gasteiger partial charge in [-0.2, -0.15) is 0 Å². The summed E-state index contributed by atoms with van der Waals surface area (Å²) in [6.45, 7) is 1.44. The monoisotopic (exact) mass is 410 g/mol. The van der Waals surface area contributed by atoms with Crippen LogP contribution in [-0.4, -0.2) is 53.8 Å². The lowest BCUT2D eigenvalue weighted by molar-refractivity contribution is -0.115. The third kappa shape index (κ3) is 5.25. The van der Waals surface area contributed by atoms with Crippen molar-refractivity contribution in [1.82, 2.24) is 14.5 Å². The van der Waals surface area contributed by atoms with Crippen LogP contribution in [0, 0.1) is 0 Å². The van der Waals surface area contributed by atoms with Crippen molar-refractivity contribution in [3.63, 3.8) is 0 Å². The maximum atomic E-state index is 13.0. The van der Waals surface area contributed by atoms with Crippen LogP contribution < -0.4 is 10.5 Å². The standard InChI is InChI=1S/C22H26N4O2S/c1-24(2)14-9-15-26-21(28)18-12-7-8-13-19(18)23-22(26)29-16-20(27)25(3)17-10-5-4-6-11-17/h4-8,10-13H,9,14-16H2,1-3H3. The summed E-state index contributed by atoms with van der Waals surface area (Å²) in [6.07, 6.45) is 0.832. The number of thioether (sulfide) groups is 1. The van der Waals surface area contributed by atoms with Gasteiger partial charge in [0.2, 0.25) is 5.91 Å². The molecule has 29 heavy (non-hydrogen) atoms. The highest BCUT2D eigenvalue weighted by molar-refractivity contribution is 7.99.